The Kier molecular flexibility index (Phi) is 1.99. The molecule has 0 spiro atoms. The Labute approximate surface area is 88.8 Å². The zero-order valence-electron chi connectivity index (χ0n) is 9.51. The van der Waals surface area contributed by atoms with Gasteiger partial charge in [-0.15, -0.1) is 0 Å². The molecule has 5 nitrogen and oxygen atoms in total. The molecule has 5 heteroatoms. The number of hydrogen-bond donors (Lipinski definition) is 2. The van der Waals surface area contributed by atoms with E-state index >= 15 is 0 Å². The van der Waals surface area contributed by atoms with E-state index in [4.69, 9.17) is 0 Å². The summed E-state index contributed by atoms with van der Waals surface area (Å²) in [6.07, 6.45) is 0. The third kappa shape index (κ3) is 1.38. The molecule has 0 aromatic carbocycles. The van der Waals surface area contributed by atoms with Crippen molar-refractivity contribution in [3.63, 3.8) is 0 Å². The van der Waals surface area contributed by atoms with Gasteiger partial charge < -0.3 is 10.6 Å². The lowest BCUT2D eigenvalue weighted by molar-refractivity contribution is -0.119. The van der Waals surface area contributed by atoms with Crippen LogP contribution in [0.2, 0.25) is 0 Å². The summed E-state index contributed by atoms with van der Waals surface area (Å²) in [6, 6.07) is 0. The molecule has 1 aliphatic rings. The Morgan fingerprint density at radius 3 is 2.73 bits per heavy atom. The van der Waals surface area contributed by atoms with Crippen LogP contribution < -0.4 is 10.6 Å². The first kappa shape index (κ1) is 10.0. The number of aromatic nitrogens is 2. The molecule has 0 saturated carbocycles. The van der Waals surface area contributed by atoms with E-state index in [9.17, 15) is 4.79 Å². The molecule has 2 heterocycles. The van der Waals surface area contributed by atoms with Crippen LogP contribution in [0.1, 0.15) is 26.5 Å². The van der Waals surface area contributed by atoms with Gasteiger partial charge in [-0.3, -0.25) is 4.79 Å². The second-order valence-electron chi connectivity index (χ2n) is 4.33. The molecular formula is C10H16N4O. The van der Waals surface area contributed by atoms with Gasteiger partial charge in [-0.05, 0) is 27.7 Å². The zero-order valence-corrected chi connectivity index (χ0v) is 9.51. The lowest BCUT2D eigenvalue weighted by atomic mass is 10.0. The fraction of sp³-hybridized carbons (Fsp3) is 0.600. The van der Waals surface area contributed by atoms with Gasteiger partial charge in [0.2, 0.25) is 5.91 Å². The van der Waals surface area contributed by atoms with Gasteiger partial charge in [0.1, 0.15) is 17.0 Å². The molecule has 15 heavy (non-hydrogen) atoms. The molecule has 1 aliphatic heterocycles. The van der Waals surface area contributed by atoms with Gasteiger partial charge in [-0.1, -0.05) is 0 Å². The molecule has 82 valence electrons. The predicted molar refractivity (Wildman–Crippen MR) is 59.0 cm³/mol. The molecule has 0 radical (unpaired) electrons. The molecule has 2 N–H and O–H groups in total. The SMILES string of the molecule is CCn1nc(C)c2c1NC(C)(C)C(=O)N2. The average molecular weight is 208 g/mol. The Morgan fingerprint density at radius 2 is 2.13 bits per heavy atom. The van der Waals surface area contributed by atoms with E-state index in [1.165, 1.54) is 0 Å². The molecule has 1 aromatic heterocycles. The van der Waals surface area contributed by atoms with Crippen molar-refractivity contribution in [1.82, 2.24) is 9.78 Å². The molecule has 0 bridgehead atoms. The minimum absolute atomic E-state index is 0.0197. The maximum Gasteiger partial charge on any atom is 0.249 e. The van der Waals surface area contributed by atoms with E-state index in [-0.39, 0.29) is 5.91 Å². The lowest BCUT2D eigenvalue weighted by Gasteiger charge is -2.31. The maximum atomic E-state index is 11.7. The maximum absolute atomic E-state index is 11.7. The van der Waals surface area contributed by atoms with Crippen LogP contribution in [-0.4, -0.2) is 21.2 Å². The molecule has 1 aromatic rings. The predicted octanol–water partition coefficient (Wildman–Crippen LogP) is 1.35. The van der Waals surface area contributed by atoms with E-state index in [0.29, 0.717) is 0 Å². The Bertz CT molecular complexity index is 419. The molecule has 0 atom stereocenters. The standard InChI is InChI=1S/C10H16N4O/c1-5-14-8-7(6(2)13-14)11-9(15)10(3,4)12-8/h12H,5H2,1-4H3,(H,11,15). The highest BCUT2D eigenvalue weighted by Gasteiger charge is 2.35. The van der Waals surface area contributed by atoms with Gasteiger partial charge in [0.15, 0.2) is 0 Å². The Hall–Kier alpha value is -1.52. The molecule has 0 fully saturated rings. The summed E-state index contributed by atoms with van der Waals surface area (Å²) in [5, 5.41) is 10.5. The molecule has 0 unspecified atom stereocenters. The van der Waals surface area contributed by atoms with Gasteiger partial charge >= 0.3 is 0 Å². The first-order valence-electron chi connectivity index (χ1n) is 5.12. The zero-order chi connectivity index (χ0) is 11.2. The number of rotatable bonds is 1. The minimum Gasteiger partial charge on any atom is -0.355 e. The summed E-state index contributed by atoms with van der Waals surface area (Å²) in [5.41, 5.74) is 1.08. The van der Waals surface area contributed by atoms with Crippen LogP contribution in [0.5, 0.6) is 0 Å². The van der Waals surface area contributed by atoms with Crippen LogP contribution in [0, 0.1) is 6.92 Å². The number of fused-ring (bicyclic) bond motifs is 1. The van der Waals surface area contributed by atoms with Gasteiger partial charge in [0.25, 0.3) is 0 Å². The smallest absolute Gasteiger partial charge is 0.249 e. The molecule has 0 aliphatic carbocycles. The van der Waals surface area contributed by atoms with Crippen molar-refractivity contribution in [2.45, 2.75) is 39.8 Å². The summed E-state index contributed by atoms with van der Waals surface area (Å²) in [7, 11) is 0. The van der Waals surface area contributed by atoms with Gasteiger partial charge in [0, 0.05) is 6.54 Å². The summed E-state index contributed by atoms with van der Waals surface area (Å²) < 4.78 is 1.87. The van der Waals surface area contributed by atoms with Crippen LogP contribution >= 0.6 is 0 Å². The van der Waals surface area contributed by atoms with Crippen molar-refractivity contribution in [2.75, 3.05) is 10.6 Å². The van der Waals surface area contributed by atoms with Gasteiger partial charge in [-0.2, -0.15) is 5.10 Å². The number of hydrogen-bond acceptors (Lipinski definition) is 3. The molecule has 1 amide bonds. The van der Waals surface area contributed by atoms with E-state index in [1.54, 1.807) is 0 Å². The van der Waals surface area contributed by atoms with Crippen LogP contribution in [0.4, 0.5) is 11.5 Å². The van der Waals surface area contributed by atoms with Crippen LogP contribution in [0.3, 0.4) is 0 Å². The minimum atomic E-state index is -0.577. The lowest BCUT2D eigenvalue weighted by Crippen LogP contribution is -2.48. The normalized spacial score (nSPS) is 18.0. The number of carbonyl (C=O) groups excluding carboxylic acids is 1. The van der Waals surface area contributed by atoms with E-state index in [2.05, 4.69) is 15.7 Å². The second-order valence-corrected chi connectivity index (χ2v) is 4.33. The number of carbonyl (C=O) groups is 1. The Morgan fingerprint density at radius 1 is 1.47 bits per heavy atom. The van der Waals surface area contributed by atoms with Crippen LogP contribution in [0.25, 0.3) is 0 Å². The van der Waals surface area contributed by atoms with Crippen molar-refractivity contribution < 1.29 is 4.79 Å². The van der Waals surface area contributed by atoms with Crippen LogP contribution in [0.15, 0.2) is 0 Å². The Balaban J connectivity index is 2.51. The van der Waals surface area contributed by atoms with Crippen molar-refractivity contribution in [2.24, 2.45) is 0 Å². The van der Waals surface area contributed by atoms with Crippen molar-refractivity contribution in [3.05, 3.63) is 5.69 Å². The van der Waals surface area contributed by atoms with E-state index in [1.807, 2.05) is 32.4 Å². The monoisotopic (exact) mass is 208 g/mol. The number of amides is 1. The first-order chi connectivity index (χ1) is 6.95. The second kappa shape index (κ2) is 2.98. The van der Waals surface area contributed by atoms with Gasteiger partial charge in [-0.25, -0.2) is 4.68 Å². The molecular weight excluding hydrogens is 192 g/mol. The highest BCUT2D eigenvalue weighted by atomic mass is 16.2. The molecule has 2 rings (SSSR count). The van der Waals surface area contributed by atoms with Crippen molar-refractivity contribution in [3.8, 4) is 0 Å². The van der Waals surface area contributed by atoms with Crippen molar-refractivity contribution >= 4 is 17.4 Å². The number of anilines is 2. The summed E-state index contributed by atoms with van der Waals surface area (Å²) in [6.45, 7) is 8.42. The highest BCUT2D eigenvalue weighted by molar-refractivity contribution is 6.05. The number of aryl methyl sites for hydroxylation is 2. The fourth-order valence-corrected chi connectivity index (χ4v) is 1.71. The largest absolute Gasteiger partial charge is 0.355 e. The summed E-state index contributed by atoms with van der Waals surface area (Å²) >= 11 is 0. The fourth-order valence-electron chi connectivity index (χ4n) is 1.71. The van der Waals surface area contributed by atoms with Crippen LogP contribution in [-0.2, 0) is 11.3 Å². The van der Waals surface area contributed by atoms with E-state index < -0.39 is 5.54 Å². The first-order valence-corrected chi connectivity index (χ1v) is 5.12. The average Bonchev–Trinajstić information content (AvgIpc) is 2.44. The molecule has 0 saturated heterocycles. The summed E-state index contributed by atoms with van der Waals surface area (Å²) in [5.74, 6) is 0.883. The number of nitrogens with one attached hydrogen (secondary N) is 2. The summed E-state index contributed by atoms with van der Waals surface area (Å²) in [4.78, 5) is 11.7. The third-order valence-corrected chi connectivity index (χ3v) is 2.66. The number of nitrogens with zero attached hydrogens (tertiary/aromatic N) is 2. The van der Waals surface area contributed by atoms with E-state index in [0.717, 1.165) is 23.7 Å². The quantitative estimate of drug-likeness (QED) is 0.732. The third-order valence-electron chi connectivity index (χ3n) is 2.66. The topological polar surface area (TPSA) is 59.0 Å². The van der Waals surface area contributed by atoms with Crippen molar-refractivity contribution in [1.29, 1.82) is 0 Å². The van der Waals surface area contributed by atoms with Gasteiger partial charge in [0.05, 0.1) is 5.69 Å². The highest BCUT2D eigenvalue weighted by Crippen LogP contribution is 2.33.